The highest BCUT2D eigenvalue weighted by Gasteiger charge is 2.41. The zero-order valence-electron chi connectivity index (χ0n) is 19.7. The number of para-hydroxylation sites is 1. The molecule has 1 aliphatic heterocycles. The van der Waals surface area contributed by atoms with Gasteiger partial charge in [0.15, 0.2) is 0 Å². The summed E-state index contributed by atoms with van der Waals surface area (Å²) in [5, 5.41) is 12.2. The van der Waals surface area contributed by atoms with Crippen molar-refractivity contribution >= 4 is 23.5 Å². The number of fused-ring (bicyclic) bond motifs is 3. The molecular formula is C28H28N2O5. The first kappa shape index (κ1) is 24.2. The van der Waals surface area contributed by atoms with Gasteiger partial charge in [-0.1, -0.05) is 72.8 Å². The molecule has 0 bridgehead atoms. The highest BCUT2D eigenvalue weighted by atomic mass is 16.5. The molecule has 1 heterocycles. The molecule has 1 aliphatic rings. The molecule has 4 rings (SSSR count). The molecule has 7 nitrogen and oxygen atoms in total. The van der Waals surface area contributed by atoms with E-state index in [0.29, 0.717) is 17.9 Å². The summed E-state index contributed by atoms with van der Waals surface area (Å²) in [4.78, 5) is 40.1. The van der Waals surface area contributed by atoms with Crippen LogP contribution in [0.5, 0.6) is 0 Å². The van der Waals surface area contributed by atoms with Crippen LogP contribution in [0.15, 0.2) is 78.9 Å². The molecule has 7 heteroatoms. The molecule has 0 spiro atoms. The number of carboxylic acid groups (broad SMARTS) is 1. The Morgan fingerprint density at radius 1 is 0.943 bits per heavy atom. The number of hydrogen-bond donors (Lipinski definition) is 2. The maximum absolute atomic E-state index is 13.9. The lowest BCUT2D eigenvalue weighted by molar-refractivity contribution is -0.154. The molecule has 2 amide bonds. The highest BCUT2D eigenvalue weighted by Crippen LogP contribution is 2.40. The lowest BCUT2D eigenvalue weighted by Crippen LogP contribution is -2.49. The average molecular weight is 473 g/mol. The van der Waals surface area contributed by atoms with Gasteiger partial charge >= 0.3 is 5.97 Å². The van der Waals surface area contributed by atoms with E-state index in [1.165, 1.54) is 13.8 Å². The number of aliphatic carboxylic acids is 1. The summed E-state index contributed by atoms with van der Waals surface area (Å²) in [5.74, 6) is -2.34. The lowest BCUT2D eigenvalue weighted by atomic mass is 9.90. The second-order valence-electron chi connectivity index (χ2n) is 8.97. The molecule has 3 aromatic rings. The van der Waals surface area contributed by atoms with Crippen molar-refractivity contribution in [1.29, 1.82) is 0 Å². The van der Waals surface area contributed by atoms with Crippen LogP contribution in [0, 0.1) is 5.41 Å². The number of nitrogens with zero attached hydrogens (tertiary/aromatic N) is 1. The number of anilines is 1. The van der Waals surface area contributed by atoms with Gasteiger partial charge in [-0.25, -0.2) is 0 Å². The Morgan fingerprint density at radius 3 is 2.29 bits per heavy atom. The van der Waals surface area contributed by atoms with Crippen LogP contribution in [0.3, 0.4) is 0 Å². The van der Waals surface area contributed by atoms with Crippen molar-refractivity contribution in [3.8, 4) is 11.1 Å². The van der Waals surface area contributed by atoms with Gasteiger partial charge < -0.3 is 20.1 Å². The number of carbonyl (C=O) groups is 3. The van der Waals surface area contributed by atoms with Crippen LogP contribution < -0.4 is 10.2 Å². The van der Waals surface area contributed by atoms with Gasteiger partial charge in [-0.05, 0) is 36.6 Å². The lowest BCUT2D eigenvalue weighted by Gasteiger charge is -2.28. The Morgan fingerprint density at radius 2 is 1.57 bits per heavy atom. The minimum Gasteiger partial charge on any atom is -0.480 e. The van der Waals surface area contributed by atoms with Crippen molar-refractivity contribution < 1.29 is 24.2 Å². The Bertz CT molecular complexity index is 1240. The van der Waals surface area contributed by atoms with Crippen molar-refractivity contribution in [3.05, 3.63) is 90.0 Å². The van der Waals surface area contributed by atoms with Gasteiger partial charge in [0.05, 0.1) is 18.9 Å². The minimum atomic E-state index is -1.70. The number of ether oxygens (including phenoxy) is 1. The molecule has 0 saturated heterocycles. The van der Waals surface area contributed by atoms with Gasteiger partial charge in [0, 0.05) is 12.1 Å². The summed E-state index contributed by atoms with van der Waals surface area (Å²) in [6, 6.07) is 23.6. The number of carboxylic acids is 1. The number of carbonyl (C=O) groups excluding carboxylic acids is 2. The number of benzene rings is 3. The molecule has 35 heavy (non-hydrogen) atoms. The molecule has 0 fully saturated rings. The van der Waals surface area contributed by atoms with E-state index in [9.17, 15) is 19.5 Å². The maximum Gasteiger partial charge on any atom is 0.318 e. The number of rotatable bonds is 8. The fourth-order valence-electron chi connectivity index (χ4n) is 4.04. The molecule has 0 unspecified atom stereocenters. The number of nitrogens with one attached hydrogen (secondary N) is 1. The Labute approximate surface area is 204 Å². The largest absolute Gasteiger partial charge is 0.480 e. The molecule has 0 radical (unpaired) electrons. The normalized spacial score (nSPS) is 15.1. The van der Waals surface area contributed by atoms with Gasteiger partial charge in [0.1, 0.15) is 11.5 Å². The summed E-state index contributed by atoms with van der Waals surface area (Å²) in [6.45, 7) is 3.61. The van der Waals surface area contributed by atoms with Gasteiger partial charge in [-0.3, -0.25) is 14.4 Å². The first-order chi connectivity index (χ1) is 16.8. The fourth-order valence-corrected chi connectivity index (χ4v) is 4.04. The molecule has 180 valence electrons. The smallest absolute Gasteiger partial charge is 0.318 e. The topological polar surface area (TPSA) is 95.9 Å². The van der Waals surface area contributed by atoms with Crippen LogP contribution in [0.1, 0.15) is 31.0 Å². The molecule has 0 saturated carbocycles. The van der Waals surface area contributed by atoms with Crippen LogP contribution >= 0.6 is 0 Å². The summed E-state index contributed by atoms with van der Waals surface area (Å²) in [7, 11) is 0. The summed E-state index contributed by atoms with van der Waals surface area (Å²) < 4.78 is 5.85. The third kappa shape index (κ3) is 4.95. The zero-order chi connectivity index (χ0) is 25.0. The Balaban J connectivity index is 1.65. The standard InChI is InChI=1S/C28H28N2O5/c1-28(2,27(33)34)26(32)29-24-22-14-7-6-12-20(22)21-13-8-9-15-23(21)30(25(24)31)16-17-35-18-19-10-4-3-5-11-19/h3-15,24H,16-18H2,1-2H3,(H,29,32)(H,33,34)/t24-/m0/s1. The van der Waals surface area contributed by atoms with Crippen molar-refractivity contribution in [3.63, 3.8) is 0 Å². The van der Waals surface area contributed by atoms with Crippen molar-refractivity contribution in [2.24, 2.45) is 5.41 Å². The first-order valence-corrected chi connectivity index (χ1v) is 11.5. The minimum absolute atomic E-state index is 0.269. The quantitative estimate of drug-likeness (QED) is 0.379. The fraction of sp³-hybridized carbons (Fsp3) is 0.250. The molecular weight excluding hydrogens is 444 g/mol. The van der Waals surface area contributed by atoms with Crippen LogP contribution in [-0.4, -0.2) is 36.0 Å². The van der Waals surface area contributed by atoms with E-state index >= 15 is 0 Å². The molecule has 0 aliphatic carbocycles. The zero-order valence-corrected chi connectivity index (χ0v) is 19.7. The van der Waals surface area contributed by atoms with Gasteiger partial charge in [0.2, 0.25) is 5.91 Å². The summed E-state index contributed by atoms with van der Waals surface area (Å²) >= 11 is 0. The van der Waals surface area contributed by atoms with E-state index in [0.717, 1.165) is 16.7 Å². The van der Waals surface area contributed by atoms with E-state index in [1.807, 2.05) is 66.7 Å². The van der Waals surface area contributed by atoms with Gasteiger partial charge in [-0.2, -0.15) is 0 Å². The predicted molar refractivity (Wildman–Crippen MR) is 133 cm³/mol. The van der Waals surface area contributed by atoms with Crippen LogP contribution in [0.4, 0.5) is 5.69 Å². The molecule has 3 aromatic carbocycles. The van der Waals surface area contributed by atoms with Crippen LogP contribution in [0.25, 0.3) is 11.1 Å². The van der Waals surface area contributed by atoms with Crippen LogP contribution in [0.2, 0.25) is 0 Å². The first-order valence-electron chi connectivity index (χ1n) is 11.5. The second kappa shape index (κ2) is 10.1. The number of hydrogen-bond acceptors (Lipinski definition) is 4. The maximum atomic E-state index is 13.9. The van der Waals surface area contributed by atoms with Gasteiger partial charge in [-0.15, -0.1) is 0 Å². The third-order valence-electron chi connectivity index (χ3n) is 6.22. The second-order valence-corrected chi connectivity index (χ2v) is 8.97. The highest BCUT2D eigenvalue weighted by molar-refractivity contribution is 6.08. The predicted octanol–water partition coefficient (Wildman–Crippen LogP) is 4.19. The van der Waals surface area contributed by atoms with Crippen LogP contribution in [-0.2, 0) is 25.7 Å². The number of amides is 2. The van der Waals surface area contributed by atoms with Crippen molar-refractivity contribution in [2.75, 3.05) is 18.1 Å². The molecule has 1 atom stereocenters. The van der Waals surface area contributed by atoms with Crippen molar-refractivity contribution in [2.45, 2.75) is 26.5 Å². The van der Waals surface area contributed by atoms with Crippen molar-refractivity contribution in [1.82, 2.24) is 5.32 Å². The van der Waals surface area contributed by atoms with E-state index in [2.05, 4.69) is 5.32 Å². The Kier molecular flexibility index (Phi) is 6.98. The van der Waals surface area contributed by atoms with E-state index < -0.39 is 23.3 Å². The van der Waals surface area contributed by atoms with E-state index in [4.69, 9.17) is 4.74 Å². The molecule has 2 N–H and O–H groups in total. The summed E-state index contributed by atoms with van der Waals surface area (Å²) in [6.07, 6.45) is 0. The van der Waals surface area contributed by atoms with E-state index in [1.54, 1.807) is 17.0 Å². The monoisotopic (exact) mass is 472 g/mol. The SMILES string of the molecule is CC(C)(C(=O)O)C(=O)N[C@@H]1C(=O)N(CCOCc2ccccc2)c2ccccc2-c2ccccc21. The van der Waals surface area contributed by atoms with Gasteiger partial charge in [0.25, 0.3) is 5.91 Å². The molecule has 0 aromatic heterocycles. The Hall–Kier alpha value is -3.97. The third-order valence-corrected chi connectivity index (χ3v) is 6.22. The summed E-state index contributed by atoms with van der Waals surface area (Å²) in [5.41, 5.74) is 2.33. The van der Waals surface area contributed by atoms with E-state index in [-0.39, 0.29) is 19.1 Å². The average Bonchev–Trinajstić information content (AvgIpc) is 2.96.